The Morgan fingerprint density at radius 2 is 2.03 bits per heavy atom. The summed E-state index contributed by atoms with van der Waals surface area (Å²) in [4.78, 5) is 13.5. The van der Waals surface area contributed by atoms with Gasteiger partial charge in [0.1, 0.15) is 0 Å². The summed E-state index contributed by atoms with van der Waals surface area (Å²) in [5, 5.41) is 8.71. The number of aromatic nitrogens is 3. The van der Waals surface area contributed by atoms with E-state index in [-0.39, 0.29) is 33.4 Å². The molecule has 2 heterocycles. The van der Waals surface area contributed by atoms with Crippen LogP contribution in [0.25, 0.3) is 11.3 Å². The molecule has 4 rings (SSSR count). The molecule has 0 spiro atoms. The molecule has 0 unspecified atom stereocenters. The Labute approximate surface area is 204 Å². The summed E-state index contributed by atoms with van der Waals surface area (Å²) >= 11 is 6.38. The van der Waals surface area contributed by atoms with Gasteiger partial charge in [0.05, 0.1) is 0 Å². The first-order valence-electron chi connectivity index (χ1n) is 10.7. The van der Waals surface area contributed by atoms with Gasteiger partial charge in [-0.1, -0.05) is 5.21 Å². The summed E-state index contributed by atoms with van der Waals surface area (Å²) in [6.07, 6.45) is 3.40. The van der Waals surface area contributed by atoms with Crippen LogP contribution in [0.1, 0.15) is 47.3 Å². The number of aryl methyl sites for hydroxylation is 1. The van der Waals surface area contributed by atoms with Crippen molar-refractivity contribution < 1.29 is 31.0 Å². The van der Waals surface area contributed by atoms with Crippen LogP contribution in [0.4, 0.5) is 0 Å². The summed E-state index contributed by atoms with van der Waals surface area (Å²) in [5.41, 5.74) is 5.60. The van der Waals surface area contributed by atoms with Gasteiger partial charge in [-0.05, 0) is 0 Å². The van der Waals surface area contributed by atoms with Crippen molar-refractivity contribution in [1.82, 2.24) is 18.1 Å². The van der Waals surface area contributed by atoms with E-state index in [9.17, 15) is 4.79 Å². The average molecular weight is 566 g/mol. The van der Waals surface area contributed by atoms with Gasteiger partial charge >= 0.3 is 188 Å². The summed E-state index contributed by atoms with van der Waals surface area (Å²) in [6, 6.07) is 10.4. The molecule has 32 heavy (non-hydrogen) atoms. The molecule has 6 nitrogen and oxygen atoms in total. The predicted molar refractivity (Wildman–Crippen MR) is 122 cm³/mol. The van der Waals surface area contributed by atoms with Gasteiger partial charge in [-0.25, -0.2) is 0 Å². The summed E-state index contributed by atoms with van der Waals surface area (Å²) in [6.45, 7) is 6.81. The molecule has 0 saturated heterocycles. The van der Waals surface area contributed by atoms with E-state index in [0.29, 0.717) is 29.4 Å². The fraction of sp³-hybridized carbons (Fsp3) is 0.375. The average Bonchev–Trinajstić information content (AvgIpc) is 3.22. The number of hydrogen-bond acceptors (Lipinski definition) is 4. The van der Waals surface area contributed by atoms with Crippen LogP contribution in [0.2, 0.25) is 5.02 Å². The number of fused-ring (bicyclic) bond motifs is 1. The van der Waals surface area contributed by atoms with Crippen molar-refractivity contribution in [2.45, 2.75) is 39.7 Å². The fourth-order valence-corrected chi connectivity index (χ4v) is 6.35. The van der Waals surface area contributed by atoms with Crippen LogP contribution in [-0.2, 0) is 13.5 Å². The third-order valence-electron chi connectivity index (χ3n) is 5.66. The fourth-order valence-electron chi connectivity index (χ4n) is 3.81. The van der Waals surface area contributed by atoms with Crippen LogP contribution in [0.15, 0.2) is 36.5 Å². The number of rotatable bonds is 5. The molecule has 0 bridgehead atoms. The number of benzene rings is 2. The van der Waals surface area contributed by atoms with E-state index < -0.39 is 0 Å². The minimum absolute atomic E-state index is 0.0444. The number of carbonyl (C=O) groups is 1. The van der Waals surface area contributed by atoms with E-state index in [0.717, 1.165) is 38.8 Å². The molecule has 0 radical (unpaired) electrons. The molecule has 1 amide bonds. The Morgan fingerprint density at radius 3 is 2.69 bits per heavy atom. The second-order valence-corrected chi connectivity index (χ2v) is 11.6. The molecule has 0 aliphatic carbocycles. The van der Waals surface area contributed by atoms with Crippen molar-refractivity contribution in [3.63, 3.8) is 0 Å². The number of ether oxygens (including phenoxy) is 1. The molecule has 8 heteroatoms. The van der Waals surface area contributed by atoms with Gasteiger partial charge in [-0.3, -0.25) is 4.68 Å². The molecule has 1 atom stereocenters. The van der Waals surface area contributed by atoms with Crippen LogP contribution in [0.3, 0.4) is 0 Å². The maximum atomic E-state index is 13.5. The minimum atomic E-state index is -0.359. The van der Waals surface area contributed by atoms with Gasteiger partial charge in [-0.2, -0.15) is 0 Å². The summed E-state index contributed by atoms with van der Waals surface area (Å²) in [5.74, 6) is 0.580. The molecule has 0 N–H and O–H groups in total. The van der Waals surface area contributed by atoms with E-state index in [2.05, 4.69) is 39.4 Å². The standard InChI is InChI=1S/C24H27ClIN4O2/c1-5-26-30-15(2)10-11-32-23-20(24(30)31)13-19(16(3)22(23)25)12-17-6-8-18(9-7-17)21-14-29(4)28-27-21/h6-9,13-15H,5,10-12H2,1-4H3/q-1/t15-/m1/s1. The van der Waals surface area contributed by atoms with Crippen LogP contribution in [0, 0.1) is 6.92 Å². The summed E-state index contributed by atoms with van der Waals surface area (Å²) in [7, 11) is 1.85. The monoisotopic (exact) mass is 565 g/mol. The second kappa shape index (κ2) is 9.79. The SMILES string of the molecule is CC[I-]N1C(=O)c2cc(Cc3ccc(-c4cn(C)nn4)cc3)c(C)c(Cl)c2OCC[C@H]1C. The van der Waals surface area contributed by atoms with Crippen molar-refractivity contribution in [1.29, 1.82) is 0 Å². The van der Waals surface area contributed by atoms with Gasteiger partial charge in [0, 0.05) is 7.05 Å². The number of hydrogen-bond donors (Lipinski definition) is 0. The van der Waals surface area contributed by atoms with Crippen molar-refractivity contribution in [2.75, 3.05) is 11.0 Å². The van der Waals surface area contributed by atoms with Crippen LogP contribution >= 0.6 is 11.6 Å². The van der Waals surface area contributed by atoms with Crippen molar-refractivity contribution in [3.8, 4) is 17.0 Å². The molecular formula is C24H27ClIN4O2-. The van der Waals surface area contributed by atoms with Gasteiger partial charge in [-0.15, -0.1) is 0 Å². The normalized spacial score (nSPS) is 16.5. The zero-order valence-electron chi connectivity index (χ0n) is 18.7. The Balaban J connectivity index is 1.67. The van der Waals surface area contributed by atoms with E-state index in [1.165, 1.54) is 0 Å². The molecule has 170 valence electrons. The Morgan fingerprint density at radius 1 is 1.28 bits per heavy atom. The zero-order valence-corrected chi connectivity index (χ0v) is 21.6. The molecule has 1 aliphatic heterocycles. The van der Waals surface area contributed by atoms with Gasteiger partial charge < -0.3 is 0 Å². The van der Waals surface area contributed by atoms with Crippen molar-refractivity contribution in [3.05, 3.63) is 63.8 Å². The van der Waals surface area contributed by atoms with E-state index in [1.54, 1.807) is 4.68 Å². The summed E-state index contributed by atoms with van der Waals surface area (Å²) < 4.78 is 10.8. The number of amides is 1. The maximum absolute atomic E-state index is 13.5. The van der Waals surface area contributed by atoms with Gasteiger partial charge in [0.15, 0.2) is 0 Å². The van der Waals surface area contributed by atoms with E-state index in [1.807, 2.05) is 38.4 Å². The first kappa shape index (κ1) is 23.0. The van der Waals surface area contributed by atoms with E-state index >= 15 is 0 Å². The molecular weight excluding hydrogens is 539 g/mol. The Hall–Kier alpha value is -2.13. The van der Waals surface area contributed by atoms with Gasteiger partial charge in [0.25, 0.3) is 0 Å². The third-order valence-corrected chi connectivity index (χ3v) is 8.92. The molecule has 2 aromatic carbocycles. The molecule has 1 aromatic heterocycles. The zero-order chi connectivity index (χ0) is 22.8. The number of carbonyl (C=O) groups excluding carboxylic acids is 1. The second-order valence-electron chi connectivity index (χ2n) is 7.99. The third kappa shape index (κ3) is 4.64. The molecule has 0 fully saturated rings. The topological polar surface area (TPSA) is 60.2 Å². The van der Waals surface area contributed by atoms with Crippen LogP contribution in [0.5, 0.6) is 5.75 Å². The van der Waals surface area contributed by atoms with Crippen LogP contribution in [-0.4, -0.2) is 41.1 Å². The molecule has 0 saturated carbocycles. The Bertz CT molecular complexity index is 1130. The Kier molecular flexibility index (Phi) is 7.05. The number of alkyl halides is 1. The van der Waals surface area contributed by atoms with Crippen LogP contribution < -0.4 is 26.2 Å². The first-order valence-corrected chi connectivity index (χ1v) is 13.6. The predicted octanol–water partition coefficient (Wildman–Crippen LogP) is 1.67. The van der Waals surface area contributed by atoms with E-state index in [4.69, 9.17) is 16.3 Å². The molecule has 3 aromatic rings. The van der Waals surface area contributed by atoms with Crippen molar-refractivity contribution >= 4 is 17.5 Å². The van der Waals surface area contributed by atoms with Gasteiger partial charge in [0.2, 0.25) is 0 Å². The first-order chi connectivity index (χ1) is 15.4. The van der Waals surface area contributed by atoms with Crippen molar-refractivity contribution in [2.24, 2.45) is 7.05 Å². The quantitative estimate of drug-likeness (QED) is 0.268. The number of halogens is 2. The molecule has 1 aliphatic rings. The number of nitrogens with zero attached hydrogens (tertiary/aromatic N) is 4.